The molecule has 1 amide bonds. The highest BCUT2D eigenvalue weighted by Gasteiger charge is 2.29. The predicted octanol–water partition coefficient (Wildman–Crippen LogP) is -0.269. The number of rotatable bonds is 4. The van der Waals surface area contributed by atoms with E-state index in [4.69, 9.17) is 0 Å². The van der Waals surface area contributed by atoms with Crippen LogP contribution in [0, 0.1) is 0 Å². The first-order valence-corrected chi connectivity index (χ1v) is 7.96. The molecule has 3 N–H and O–H groups in total. The van der Waals surface area contributed by atoms with E-state index in [-0.39, 0.29) is 11.9 Å². The summed E-state index contributed by atoms with van der Waals surface area (Å²) in [6.07, 6.45) is 0.385. The third-order valence-corrected chi connectivity index (χ3v) is 4.43. The second-order valence-electron chi connectivity index (χ2n) is 5.96. The number of carbonyl (C=O) groups is 1. The highest BCUT2D eigenvalue weighted by Crippen LogP contribution is 2.15. The maximum absolute atomic E-state index is 12.3. The molecule has 1 aromatic carbocycles. The Kier molecular flexibility index (Phi) is 5.04. The zero-order valence-corrected chi connectivity index (χ0v) is 12.7. The summed E-state index contributed by atoms with van der Waals surface area (Å²) in [5.74, 6) is 0.188. The minimum atomic E-state index is -0.468. The highest BCUT2D eigenvalue weighted by molar-refractivity contribution is 5.82. The Balaban J connectivity index is 1.46. The second-order valence-corrected chi connectivity index (χ2v) is 5.96. The second kappa shape index (κ2) is 7.19. The first kappa shape index (κ1) is 15.4. The summed E-state index contributed by atoms with van der Waals surface area (Å²) in [5, 5.41) is 10.3. The Hall–Kier alpha value is -1.47. The van der Waals surface area contributed by atoms with Gasteiger partial charge in [-0.3, -0.25) is 15.1 Å². The fourth-order valence-electron chi connectivity index (χ4n) is 3.07. The fraction of sp³-hybridized carbons (Fsp3) is 0.562. The SMILES string of the molecule is O=C(C1CCNN1)N1CCN(CC(O)c2ccccc2)CC1. The van der Waals surface area contributed by atoms with Gasteiger partial charge in [-0.25, -0.2) is 5.43 Å². The lowest BCUT2D eigenvalue weighted by Crippen LogP contribution is -2.54. The van der Waals surface area contributed by atoms with Crippen LogP contribution in [0.1, 0.15) is 18.1 Å². The van der Waals surface area contributed by atoms with Gasteiger partial charge in [0.2, 0.25) is 5.91 Å². The normalized spacial score (nSPS) is 24.4. The monoisotopic (exact) mass is 304 g/mol. The molecule has 0 radical (unpaired) electrons. The molecule has 22 heavy (non-hydrogen) atoms. The molecular formula is C16H24N4O2. The molecule has 0 aliphatic carbocycles. The minimum absolute atomic E-state index is 0.0820. The molecule has 2 aliphatic heterocycles. The largest absolute Gasteiger partial charge is 0.387 e. The van der Waals surface area contributed by atoms with Crippen molar-refractivity contribution in [3.05, 3.63) is 35.9 Å². The van der Waals surface area contributed by atoms with E-state index in [0.717, 1.165) is 44.7 Å². The van der Waals surface area contributed by atoms with E-state index in [1.54, 1.807) is 0 Å². The zero-order valence-electron chi connectivity index (χ0n) is 12.7. The third kappa shape index (κ3) is 3.64. The van der Waals surface area contributed by atoms with Gasteiger partial charge in [0, 0.05) is 39.3 Å². The average Bonchev–Trinajstić information content (AvgIpc) is 3.10. The van der Waals surface area contributed by atoms with Gasteiger partial charge in [0.05, 0.1) is 6.10 Å². The molecule has 2 aliphatic rings. The Labute approximate surface area is 131 Å². The molecule has 6 heteroatoms. The summed E-state index contributed by atoms with van der Waals surface area (Å²) in [5.41, 5.74) is 6.97. The lowest BCUT2D eigenvalue weighted by molar-refractivity contribution is -0.135. The number of nitrogens with one attached hydrogen (secondary N) is 2. The number of piperazine rings is 1. The van der Waals surface area contributed by atoms with Crippen LogP contribution >= 0.6 is 0 Å². The molecule has 0 spiro atoms. The Morgan fingerprint density at radius 1 is 1.23 bits per heavy atom. The maximum atomic E-state index is 12.3. The lowest BCUT2D eigenvalue weighted by Gasteiger charge is -2.36. The maximum Gasteiger partial charge on any atom is 0.241 e. The Morgan fingerprint density at radius 2 is 1.95 bits per heavy atom. The van der Waals surface area contributed by atoms with Gasteiger partial charge in [0.1, 0.15) is 6.04 Å². The van der Waals surface area contributed by atoms with Crippen LogP contribution in [0.5, 0.6) is 0 Å². The minimum Gasteiger partial charge on any atom is -0.387 e. The van der Waals surface area contributed by atoms with E-state index in [0.29, 0.717) is 6.54 Å². The molecule has 1 aromatic rings. The summed E-state index contributed by atoms with van der Waals surface area (Å²) in [6, 6.07) is 9.65. The molecule has 6 nitrogen and oxygen atoms in total. The van der Waals surface area contributed by atoms with Gasteiger partial charge in [-0.2, -0.15) is 0 Å². The molecule has 2 unspecified atom stereocenters. The molecule has 2 saturated heterocycles. The van der Waals surface area contributed by atoms with Crippen LogP contribution in [-0.2, 0) is 4.79 Å². The number of β-amino-alcohol motifs (C(OH)–C–C–N with tert-alkyl or cyclic N) is 1. The number of carbonyl (C=O) groups excluding carboxylic acids is 1. The van der Waals surface area contributed by atoms with Crippen molar-refractivity contribution in [1.82, 2.24) is 20.7 Å². The molecule has 0 bridgehead atoms. The van der Waals surface area contributed by atoms with Crippen molar-refractivity contribution in [3.8, 4) is 0 Å². The zero-order chi connectivity index (χ0) is 15.4. The van der Waals surface area contributed by atoms with Gasteiger partial charge >= 0.3 is 0 Å². The third-order valence-electron chi connectivity index (χ3n) is 4.43. The molecule has 120 valence electrons. The number of aliphatic hydroxyl groups excluding tert-OH is 1. The summed E-state index contributed by atoms with van der Waals surface area (Å²) >= 11 is 0. The smallest absolute Gasteiger partial charge is 0.241 e. The number of nitrogens with zero attached hydrogens (tertiary/aromatic N) is 2. The van der Waals surface area contributed by atoms with Crippen LogP contribution in [0.15, 0.2) is 30.3 Å². The van der Waals surface area contributed by atoms with Crippen molar-refractivity contribution >= 4 is 5.91 Å². The molecule has 2 heterocycles. The van der Waals surface area contributed by atoms with Crippen molar-refractivity contribution < 1.29 is 9.90 Å². The molecule has 2 atom stereocenters. The average molecular weight is 304 g/mol. The Morgan fingerprint density at radius 3 is 2.59 bits per heavy atom. The van der Waals surface area contributed by atoms with Crippen LogP contribution in [0.25, 0.3) is 0 Å². The topological polar surface area (TPSA) is 67.8 Å². The van der Waals surface area contributed by atoms with E-state index in [1.165, 1.54) is 0 Å². The molecule has 0 saturated carbocycles. The van der Waals surface area contributed by atoms with Crippen molar-refractivity contribution in [3.63, 3.8) is 0 Å². The molecular weight excluding hydrogens is 280 g/mol. The van der Waals surface area contributed by atoms with E-state index in [9.17, 15) is 9.90 Å². The standard InChI is InChI=1S/C16H24N4O2/c21-15(13-4-2-1-3-5-13)12-19-8-10-20(11-9-19)16(22)14-6-7-17-18-14/h1-5,14-15,17-18,21H,6-12H2. The van der Waals surface area contributed by atoms with E-state index < -0.39 is 6.10 Å². The lowest BCUT2D eigenvalue weighted by atomic mass is 10.1. The molecule has 3 rings (SSSR count). The van der Waals surface area contributed by atoms with Crippen LogP contribution in [0.4, 0.5) is 0 Å². The van der Waals surface area contributed by atoms with Crippen molar-refractivity contribution in [2.75, 3.05) is 39.3 Å². The summed E-state index contributed by atoms with van der Waals surface area (Å²) in [7, 11) is 0. The molecule has 0 aromatic heterocycles. The van der Waals surface area contributed by atoms with Gasteiger partial charge < -0.3 is 10.0 Å². The van der Waals surface area contributed by atoms with Crippen molar-refractivity contribution in [2.24, 2.45) is 0 Å². The number of aliphatic hydroxyl groups is 1. The quantitative estimate of drug-likeness (QED) is 0.715. The fourth-order valence-corrected chi connectivity index (χ4v) is 3.07. The van der Waals surface area contributed by atoms with Crippen LogP contribution in [-0.4, -0.2) is 66.1 Å². The summed E-state index contributed by atoms with van der Waals surface area (Å²) in [6.45, 7) is 4.57. The van der Waals surface area contributed by atoms with Crippen molar-refractivity contribution in [1.29, 1.82) is 0 Å². The van der Waals surface area contributed by atoms with Crippen LogP contribution < -0.4 is 10.9 Å². The number of benzene rings is 1. The molecule has 2 fully saturated rings. The van der Waals surface area contributed by atoms with E-state index >= 15 is 0 Å². The summed E-state index contributed by atoms with van der Waals surface area (Å²) < 4.78 is 0. The highest BCUT2D eigenvalue weighted by atomic mass is 16.3. The van der Waals surface area contributed by atoms with Gasteiger partial charge in [0.15, 0.2) is 0 Å². The number of hydrazine groups is 1. The van der Waals surface area contributed by atoms with Crippen molar-refractivity contribution in [2.45, 2.75) is 18.6 Å². The number of hydrogen-bond acceptors (Lipinski definition) is 5. The van der Waals surface area contributed by atoms with Crippen LogP contribution in [0.2, 0.25) is 0 Å². The van der Waals surface area contributed by atoms with E-state index in [2.05, 4.69) is 15.8 Å². The first-order valence-electron chi connectivity index (χ1n) is 7.96. The first-order chi connectivity index (χ1) is 10.7. The Bertz CT molecular complexity index is 482. The van der Waals surface area contributed by atoms with Gasteiger partial charge in [-0.05, 0) is 12.0 Å². The van der Waals surface area contributed by atoms with Gasteiger partial charge in [-0.1, -0.05) is 30.3 Å². The van der Waals surface area contributed by atoms with E-state index in [1.807, 2.05) is 35.2 Å². The van der Waals surface area contributed by atoms with Crippen LogP contribution in [0.3, 0.4) is 0 Å². The van der Waals surface area contributed by atoms with Gasteiger partial charge in [-0.15, -0.1) is 0 Å². The number of hydrogen-bond donors (Lipinski definition) is 3. The van der Waals surface area contributed by atoms with Gasteiger partial charge in [0.25, 0.3) is 0 Å². The predicted molar refractivity (Wildman–Crippen MR) is 84.0 cm³/mol. The number of amides is 1. The summed E-state index contributed by atoms with van der Waals surface area (Å²) in [4.78, 5) is 16.5.